The number of allylic oxidation sites excluding steroid dienone is 1. The van der Waals surface area contributed by atoms with Crippen molar-refractivity contribution in [2.75, 3.05) is 12.8 Å². The van der Waals surface area contributed by atoms with Crippen LogP contribution in [-0.4, -0.2) is 7.11 Å². The number of hydrogen-bond donors (Lipinski definition) is 1. The fourth-order valence-corrected chi connectivity index (χ4v) is 2.36. The average Bonchev–Trinajstić information content (AvgIpc) is 2.48. The van der Waals surface area contributed by atoms with Gasteiger partial charge in [-0.3, -0.25) is 0 Å². The van der Waals surface area contributed by atoms with E-state index in [2.05, 4.69) is 22.5 Å². The quantitative estimate of drug-likeness (QED) is 0.624. The van der Waals surface area contributed by atoms with Crippen LogP contribution in [0.15, 0.2) is 53.5 Å². The first kappa shape index (κ1) is 15.4. The van der Waals surface area contributed by atoms with Crippen LogP contribution in [0.5, 0.6) is 11.5 Å². The van der Waals surface area contributed by atoms with E-state index < -0.39 is 0 Å². The first-order valence-electron chi connectivity index (χ1n) is 6.58. The Bertz CT molecular complexity index is 641. The van der Waals surface area contributed by atoms with Crippen molar-refractivity contribution in [3.8, 4) is 11.5 Å². The zero-order chi connectivity index (χ0) is 15.2. The van der Waals surface area contributed by atoms with Crippen molar-refractivity contribution in [3.63, 3.8) is 0 Å². The van der Waals surface area contributed by atoms with Crippen molar-refractivity contribution < 1.29 is 9.47 Å². The van der Waals surface area contributed by atoms with Crippen LogP contribution in [0.4, 0.5) is 5.69 Å². The molecule has 0 bridgehead atoms. The molecule has 2 aromatic rings. The van der Waals surface area contributed by atoms with Gasteiger partial charge in [-0.1, -0.05) is 22.0 Å². The highest BCUT2D eigenvalue weighted by molar-refractivity contribution is 9.10. The smallest absolute Gasteiger partial charge is 0.123 e. The van der Waals surface area contributed by atoms with Crippen molar-refractivity contribution in [2.45, 2.75) is 13.0 Å². The molecule has 0 radical (unpaired) electrons. The first-order chi connectivity index (χ1) is 10.1. The molecule has 0 fully saturated rings. The molecule has 0 amide bonds. The molecule has 0 aliphatic carbocycles. The van der Waals surface area contributed by atoms with Gasteiger partial charge in [-0.05, 0) is 48.4 Å². The highest BCUT2D eigenvalue weighted by Crippen LogP contribution is 2.27. The van der Waals surface area contributed by atoms with Crippen LogP contribution < -0.4 is 15.2 Å². The van der Waals surface area contributed by atoms with Crippen LogP contribution in [0.3, 0.4) is 0 Å². The van der Waals surface area contributed by atoms with Crippen LogP contribution in [0.1, 0.15) is 11.1 Å². The lowest BCUT2D eigenvalue weighted by Gasteiger charge is -2.13. The Labute approximate surface area is 133 Å². The molecule has 0 saturated heterocycles. The van der Waals surface area contributed by atoms with Crippen molar-refractivity contribution in [3.05, 3.63) is 64.7 Å². The topological polar surface area (TPSA) is 44.5 Å². The molecule has 0 unspecified atom stereocenters. The third kappa shape index (κ3) is 4.02. The largest absolute Gasteiger partial charge is 0.497 e. The van der Waals surface area contributed by atoms with Crippen molar-refractivity contribution in [2.24, 2.45) is 0 Å². The summed E-state index contributed by atoms with van der Waals surface area (Å²) in [7, 11) is 1.65. The van der Waals surface area contributed by atoms with Crippen LogP contribution in [0.25, 0.3) is 0 Å². The summed E-state index contributed by atoms with van der Waals surface area (Å²) in [5.41, 5.74) is 8.59. The van der Waals surface area contributed by atoms with E-state index in [-0.39, 0.29) is 0 Å². The summed E-state index contributed by atoms with van der Waals surface area (Å²) in [5, 5.41) is 0. The number of anilines is 1. The summed E-state index contributed by atoms with van der Waals surface area (Å²) in [6, 6.07) is 11.4. The zero-order valence-corrected chi connectivity index (χ0v) is 13.5. The zero-order valence-electron chi connectivity index (χ0n) is 11.9. The maximum atomic E-state index is 5.92. The second kappa shape index (κ2) is 7.18. The minimum atomic E-state index is 0.450. The number of nitrogens with two attached hydrogens (primary N) is 1. The monoisotopic (exact) mass is 347 g/mol. The fraction of sp³-hybridized carbons (Fsp3) is 0.176. The van der Waals surface area contributed by atoms with Gasteiger partial charge in [0.2, 0.25) is 0 Å². The number of rotatable bonds is 6. The van der Waals surface area contributed by atoms with Gasteiger partial charge in [-0.2, -0.15) is 0 Å². The van der Waals surface area contributed by atoms with Crippen molar-refractivity contribution in [1.82, 2.24) is 0 Å². The van der Waals surface area contributed by atoms with Gasteiger partial charge in [-0.25, -0.2) is 0 Å². The molecule has 21 heavy (non-hydrogen) atoms. The van der Waals surface area contributed by atoms with E-state index in [1.165, 1.54) is 0 Å². The lowest BCUT2D eigenvalue weighted by molar-refractivity contribution is 0.302. The standard InChI is InChI=1S/C17H18BrNO2/c1-3-4-12-9-14(19)5-8-17(12)21-11-13-10-15(20-2)6-7-16(13)18/h3,5-10H,1,4,11,19H2,2H3. The molecule has 0 spiro atoms. The summed E-state index contributed by atoms with van der Waals surface area (Å²) < 4.78 is 12.1. The van der Waals surface area contributed by atoms with E-state index in [4.69, 9.17) is 15.2 Å². The summed E-state index contributed by atoms with van der Waals surface area (Å²) in [6.07, 6.45) is 2.56. The lowest BCUT2D eigenvalue weighted by atomic mass is 10.1. The van der Waals surface area contributed by atoms with Gasteiger partial charge in [0.15, 0.2) is 0 Å². The highest BCUT2D eigenvalue weighted by atomic mass is 79.9. The summed E-state index contributed by atoms with van der Waals surface area (Å²) in [6.45, 7) is 4.21. The van der Waals surface area contributed by atoms with Crippen molar-refractivity contribution in [1.29, 1.82) is 0 Å². The van der Waals surface area contributed by atoms with Gasteiger partial charge < -0.3 is 15.2 Å². The third-order valence-corrected chi connectivity index (χ3v) is 3.86. The molecule has 2 rings (SSSR count). The fourth-order valence-electron chi connectivity index (χ4n) is 2.00. The Morgan fingerprint density at radius 1 is 1.19 bits per heavy atom. The highest BCUT2D eigenvalue weighted by Gasteiger charge is 2.07. The Morgan fingerprint density at radius 3 is 2.71 bits per heavy atom. The number of benzene rings is 2. The molecule has 0 aliphatic rings. The Hall–Kier alpha value is -1.94. The molecule has 0 heterocycles. The Kier molecular flexibility index (Phi) is 5.28. The molecule has 0 saturated carbocycles. The van der Waals surface area contributed by atoms with E-state index in [9.17, 15) is 0 Å². The van der Waals surface area contributed by atoms with Crippen LogP contribution in [0.2, 0.25) is 0 Å². The number of nitrogen functional groups attached to an aromatic ring is 1. The van der Waals surface area contributed by atoms with Gasteiger partial charge in [0.1, 0.15) is 18.1 Å². The Morgan fingerprint density at radius 2 is 2.00 bits per heavy atom. The number of methoxy groups -OCH3 is 1. The van der Waals surface area contributed by atoms with Gasteiger partial charge in [0, 0.05) is 15.7 Å². The van der Waals surface area contributed by atoms with E-state index in [1.807, 2.05) is 42.5 Å². The maximum absolute atomic E-state index is 5.92. The summed E-state index contributed by atoms with van der Waals surface area (Å²) in [4.78, 5) is 0. The molecular formula is C17H18BrNO2. The summed E-state index contributed by atoms with van der Waals surface area (Å²) in [5.74, 6) is 1.62. The summed E-state index contributed by atoms with van der Waals surface area (Å²) >= 11 is 3.52. The molecule has 0 aromatic heterocycles. The van der Waals surface area contributed by atoms with Crippen molar-refractivity contribution >= 4 is 21.6 Å². The van der Waals surface area contributed by atoms with E-state index in [1.54, 1.807) is 7.11 Å². The van der Waals surface area contributed by atoms with Gasteiger partial charge in [-0.15, -0.1) is 6.58 Å². The minimum absolute atomic E-state index is 0.450. The molecule has 0 atom stereocenters. The second-order valence-corrected chi connectivity index (χ2v) is 5.46. The third-order valence-electron chi connectivity index (χ3n) is 3.08. The van der Waals surface area contributed by atoms with Gasteiger partial charge >= 0.3 is 0 Å². The number of halogens is 1. The van der Waals surface area contributed by atoms with E-state index >= 15 is 0 Å². The molecule has 2 N–H and O–H groups in total. The van der Waals surface area contributed by atoms with E-state index in [0.717, 1.165) is 39.2 Å². The lowest BCUT2D eigenvalue weighted by Crippen LogP contribution is -2.00. The second-order valence-electron chi connectivity index (χ2n) is 4.61. The predicted octanol–water partition coefficient (Wildman–Crippen LogP) is 4.35. The van der Waals surface area contributed by atoms with Crippen LogP contribution >= 0.6 is 15.9 Å². The maximum Gasteiger partial charge on any atom is 0.123 e. The minimum Gasteiger partial charge on any atom is -0.497 e. The molecule has 4 heteroatoms. The normalized spacial score (nSPS) is 10.2. The van der Waals surface area contributed by atoms with Crippen LogP contribution in [0, 0.1) is 0 Å². The molecule has 110 valence electrons. The number of ether oxygens (including phenoxy) is 2. The van der Waals surface area contributed by atoms with Gasteiger partial charge in [0.25, 0.3) is 0 Å². The Balaban J connectivity index is 2.18. The van der Waals surface area contributed by atoms with E-state index in [0.29, 0.717) is 6.61 Å². The first-order valence-corrected chi connectivity index (χ1v) is 7.38. The molecule has 3 nitrogen and oxygen atoms in total. The molecule has 0 aliphatic heterocycles. The van der Waals surface area contributed by atoms with Crippen LogP contribution in [-0.2, 0) is 13.0 Å². The SMILES string of the molecule is C=CCc1cc(N)ccc1OCc1cc(OC)ccc1Br. The predicted molar refractivity (Wildman–Crippen MR) is 89.8 cm³/mol. The molecular weight excluding hydrogens is 330 g/mol. The number of hydrogen-bond acceptors (Lipinski definition) is 3. The average molecular weight is 348 g/mol. The molecule has 2 aromatic carbocycles. The van der Waals surface area contributed by atoms with Gasteiger partial charge in [0.05, 0.1) is 7.11 Å².